The maximum atomic E-state index is 5.62. The summed E-state index contributed by atoms with van der Waals surface area (Å²) < 4.78 is 0. The SMILES string of the molecule is Nc1c[nH+]c(Nc2ccccc2)c([NH3+])c1.[Cl-].[Cl-]. The number of aromatic nitrogens is 1. The van der Waals surface area contributed by atoms with E-state index < -0.39 is 0 Å². The van der Waals surface area contributed by atoms with Crippen molar-refractivity contribution in [1.29, 1.82) is 0 Å². The molecule has 0 atom stereocenters. The molecule has 0 radical (unpaired) electrons. The van der Waals surface area contributed by atoms with Crippen LogP contribution in [0, 0.1) is 0 Å². The molecular weight excluding hydrogens is 259 g/mol. The topological polar surface area (TPSA) is 79.8 Å². The summed E-state index contributed by atoms with van der Waals surface area (Å²) in [5, 5.41) is 3.23. The van der Waals surface area contributed by atoms with Crippen molar-refractivity contribution in [3.63, 3.8) is 0 Å². The molecule has 0 fully saturated rings. The second kappa shape index (κ2) is 6.96. The van der Waals surface area contributed by atoms with Crippen LogP contribution in [0.4, 0.5) is 22.9 Å². The third-order valence-electron chi connectivity index (χ3n) is 2.09. The van der Waals surface area contributed by atoms with Crippen molar-refractivity contribution in [2.24, 2.45) is 0 Å². The van der Waals surface area contributed by atoms with Crippen LogP contribution < -0.4 is 46.6 Å². The molecule has 0 aliphatic heterocycles. The molecule has 4 nitrogen and oxygen atoms in total. The van der Waals surface area contributed by atoms with Crippen LogP contribution in [0.1, 0.15) is 0 Å². The normalized spacial score (nSPS) is 8.76. The van der Waals surface area contributed by atoms with E-state index in [-0.39, 0.29) is 24.8 Å². The van der Waals surface area contributed by atoms with Gasteiger partial charge in [0.05, 0.1) is 5.69 Å². The zero-order valence-corrected chi connectivity index (χ0v) is 10.6. The van der Waals surface area contributed by atoms with Crippen LogP contribution >= 0.6 is 0 Å². The van der Waals surface area contributed by atoms with Gasteiger partial charge < -0.3 is 36.3 Å². The number of quaternary nitrogens is 1. The van der Waals surface area contributed by atoms with Crippen molar-refractivity contribution in [3.05, 3.63) is 42.6 Å². The van der Waals surface area contributed by atoms with Gasteiger partial charge >= 0.3 is 5.82 Å². The van der Waals surface area contributed by atoms with Crippen molar-refractivity contribution in [2.45, 2.75) is 0 Å². The highest BCUT2D eigenvalue weighted by Gasteiger charge is 2.11. The number of benzene rings is 1. The zero-order valence-electron chi connectivity index (χ0n) is 9.08. The number of hydrogen-bond donors (Lipinski definition) is 3. The standard InChI is InChI=1S/C11H12N4.2ClH/c12-8-6-10(13)11(14-7-8)15-9-4-2-1-3-5-9;;/h1-7H,12-13H2,(H,14,15);2*1H. The third-order valence-corrected chi connectivity index (χ3v) is 2.09. The molecule has 1 aromatic carbocycles. The second-order valence-corrected chi connectivity index (χ2v) is 3.32. The molecule has 0 unspecified atom stereocenters. The smallest absolute Gasteiger partial charge is 0.339 e. The van der Waals surface area contributed by atoms with Gasteiger partial charge in [-0.2, -0.15) is 0 Å². The Hall–Kier alpha value is -1.49. The van der Waals surface area contributed by atoms with Gasteiger partial charge in [-0.15, -0.1) is 0 Å². The van der Waals surface area contributed by atoms with E-state index in [1.807, 2.05) is 36.4 Å². The fraction of sp³-hybridized carbons (Fsp3) is 0. The molecule has 2 rings (SSSR count). The number of pyridine rings is 1. The number of anilines is 3. The zero-order chi connectivity index (χ0) is 10.7. The highest BCUT2D eigenvalue weighted by Crippen LogP contribution is 2.17. The van der Waals surface area contributed by atoms with E-state index in [2.05, 4.69) is 16.0 Å². The van der Waals surface area contributed by atoms with Gasteiger partial charge in [0.2, 0.25) is 5.69 Å². The van der Waals surface area contributed by atoms with Crippen LogP contribution in [0.5, 0.6) is 0 Å². The van der Waals surface area contributed by atoms with E-state index in [1.165, 1.54) is 0 Å². The van der Waals surface area contributed by atoms with Crippen LogP contribution in [-0.4, -0.2) is 0 Å². The lowest BCUT2D eigenvalue weighted by molar-refractivity contribution is -0.371. The second-order valence-electron chi connectivity index (χ2n) is 3.32. The minimum Gasteiger partial charge on any atom is -1.00 e. The number of aromatic amines is 1. The molecule has 0 saturated carbocycles. The summed E-state index contributed by atoms with van der Waals surface area (Å²) >= 11 is 0. The summed E-state index contributed by atoms with van der Waals surface area (Å²) in [7, 11) is 0. The molecule has 0 aliphatic rings. The summed E-state index contributed by atoms with van der Waals surface area (Å²) in [5.41, 5.74) is 12.1. The fourth-order valence-electron chi connectivity index (χ4n) is 1.35. The molecule has 2 aromatic rings. The Morgan fingerprint density at radius 2 is 1.76 bits per heavy atom. The van der Waals surface area contributed by atoms with Crippen molar-refractivity contribution < 1.29 is 35.5 Å². The van der Waals surface area contributed by atoms with Gasteiger partial charge in [-0.05, 0) is 12.1 Å². The fourth-order valence-corrected chi connectivity index (χ4v) is 1.35. The number of nitrogen functional groups attached to an aromatic ring is 1. The van der Waals surface area contributed by atoms with E-state index in [0.29, 0.717) is 5.69 Å². The minimum atomic E-state index is 0. The maximum Gasteiger partial charge on any atom is 0.339 e. The predicted molar refractivity (Wildman–Crippen MR) is 59.7 cm³/mol. The van der Waals surface area contributed by atoms with Gasteiger partial charge in [-0.25, -0.2) is 10.3 Å². The first kappa shape index (κ1) is 15.5. The molecule has 1 aromatic heterocycles. The summed E-state index contributed by atoms with van der Waals surface area (Å²) in [6.45, 7) is 0. The van der Waals surface area contributed by atoms with Gasteiger partial charge in [0.25, 0.3) is 0 Å². The number of nitrogens with one attached hydrogen (secondary N) is 2. The molecule has 0 bridgehead atoms. The van der Waals surface area contributed by atoms with Gasteiger partial charge in [0.1, 0.15) is 11.9 Å². The maximum absolute atomic E-state index is 5.62. The Balaban J connectivity index is 0.00000128. The molecular formula is C11H14Cl2N4. The van der Waals surface area contributed by atoms with Gasteiger partial charge in [0.15, 0.2) is 0 Å². The molecule has 1 heterocycles. The Bertz CT molecular complexity index is 462. The molecule has 7 N–H and O–H groups in total. The summed E-state index contributed by atoms with van der Waals surface area (Å²) in [4.78, 5) is 3.05. The lowest BCUT2D eigenvalue weighted by Crippen LogP contribution is -3.00. The van der Waals surface area contributed by atoms with Crippen LogP contribution in [0.3, 0.4) is 0 Å². The van der Waals surface area contributed by atoms with Gasteiger partial charge in [0, 0.05) is 6.07 Å². The van der Waals surface area contributed by atoms with Crippen molar-refractivity contribution in [1.82, 2.24) is 0 Å². The Morgan fingerprint density at radius 3 is 2.35 bits per heavy atom. The Kier molecular flexibility index (Phi) is 6.35. The van der Waals surface area contributed by atoms with Crippen molar-refractivity contribution in [2.75, 3.05) is 11.1 Å². The molecule has 0 amide bonds. The summed E-state index contributed by atoms with van der Waals surface area (Å²) in [5.74, 6) is 0.857. The van der Waals surface area contributed by atoms with Crippen LogP contribution in [0.15, 0.2) is 42.6 Å². The Morgan fingerprint density at radius 1 is 1.12 bits per heavy atom. The monoisotopic (exact) mass is 272 g/mol. The number of hydrogen-bond acceptors (Lipinski definition) is 2. The number of nitrogens with two attached hydrogens (primary N) is 1. The number of rotatable bonds is 2. The minimum absolute atomic E-state index is 0. The number of halogens is 2. The molecule has 0 aliphatic carbocycles. The van der Waals surface area contributed by atoms with Gasteiger partial charge in [-0.3, -0.25) is 0 Å². The molecule has 6 heteroatoms. The highest BCUT2D eigenvalue weighted by molar-refractivity contribution is 5.63. The van der Waals surface area contributed by atoms with E-state index in [0.717, 1.165) is 17.2 Å². The largest absolute Gasteiger partial charge is 1.00 e. The first-order valence-electron chi connectivity index (χ1n) is 4.71. The molecule has 0 saturated heterocycles. The van der Waals surface area contributed by atoms with Crippen LogP contribution in [-0.2, 0) is 0 Å². The quantitative estimate of drug-likeness (QED) is 0.511. The molecule has 0 spiro atoms. The molecule has 17 heavy (non-hydrogen) atoms. The summed E-state index contributed by atoms with van der Waals surface area (Å²) in [6, 6.07) is 11.7. The number of para-hydroxylation sites is 1. The average Bonchev–Trinajstić information content (AvgIpc) is 2.24. The Labute approximate surface area is 112 Å². The third kappa shape index (κ3) is 4.11. The van der Waals surface area contributed by atoms with Crippen LogP contribution in [0.2, 0.25) is 0 Å². The predicted octanol–water partition coefficient (Wildman–Crippen LogP) is -5.29. The van der Waals surface area contributed by atoms with E-state index in [9.17, 15) is 0 Å². The van der Waals surface area contributed by atoms with E-state index in [4.69, 9.17) is 5.73 Å². The van der Waals surface area contributed by atoms with E-state index in [1.54, 1.807) is 6.20 Å². The van der Waals surface area contributed by atoms with Crippen molar-refractivity contribution in [3.8, 4) is 0 Å². The van der Waals surface area contributed by atoms with E-state index >= 15 is 0 Å². The summed E-state index contributed by atoms with van der Waals surface area (Å²) in [6.07, 6.45) is 1.74. The number of H-pyrrole nitrogens is 1. The average molecular weight is 273 g/mol. The van der Waals surface area contributed by atoms with Crippen molar-refractivity contribution >= 4 is 22.9 Å². The van der Waals surface area contributed by atoms with Gasteiger partial charge in [-0.1, -0.05) is 18.2 Å². The molecule has 92 valence electrons. The van der Waals surface area contributed by atoms with Crippen LogP contribution in [0.25, 0.3) is 0 Å². The lowest BCUT2D eigenvalue weighted by Gasteiger charge is -1.99. The highest BCUT2D eigenvalue weighted by atomic mass is 35.5. The first-order valence-corrected chi connectivity index (χ1v) is 4.71. The lowest BCUT2D eigenvalue weighted by atomic mass is 10.3. The first-order chi connectivity index (χ1) is 7.25.